The molecule has 4 rings (SSSR count). The van der Waals surface area contributed by atoms with Crippen molar-refractivity contribution in [2.24, 2.45) is 10.7 Å². The standard InChI is InChI=1S/C33H40Cl2N6O3/c1-37-33(36)38-17-8-13-29-32(43)41(21-27(23-9-4-2-5-10-23)24-11-6-3-7-12-24)18-16-26(40-29)20-39-31(42)22-44-30-15-14-25(34)19-28(30)35/h2-7,9-12,14-15,19,26-27,29,40H,8,13,16-18,20-22H2,1H3,(H,39,42)(H3,36,37,38). The molecular weight excluding hydrogens is 599 g/mol. The molecule has 1 saturated heterocycles. The molecule has 0 spiro atoms. The maximum absolute atomic E-state index is 14.0. The maximum Gasteiger partial charge on any atom is 0.257 e. The van der Waals surface area contributed by atoms with Gasteiger partial charge in [0.05, 0.1) is 11.1 Å². The Balaban J connectivity index is 1.43. The number of hydrogen-bond donors (Lipinski definition) is 4. The van der Waals surface area contributed by atoms with Gasteiger partial charge in [0.15, 0.2) is 12.6 Å². The van der Waals surface area contributed by atoms with E-state index in [1.807, 2.05) is 41.3 Å². The fourth-order valence-corrected chi connectivity index (χ4v) is 5.71. The van der Waals surface area contributed by atoms with Crippen LogP contribution in [0.1, 0.15) is 36.3 Å². The number of benzene rings is 3. The van der Waals surface area contributed by atoms with E-state index < -0.39 is 6.04 Å². The van der Waals surface area contributed by atoms with Gasteiger partial charge in [0, 0.05) is 50.2 Å². The molecule has 5 N–H and O–H groups in total. The molecule has 0 aliphatic carbocycles. The van der Waals surface area contributed by atoms with Gasteiger partial charge < -0.3 is 31.3 Å². The zero-order valence-electron chi connectivity index (χ0n) is 24.8. The van der Waals surface area contributed by atoms with Crippen LogP contribution in [0.3, 0.4) is 0 Å². The summed E-state index contributed by atoms with van der Waals surface area (Å²) in [5.74, 6) is 0.538. The average molecular weight is 640 g/mol. The Morgan fingerprint density at radius 1 is 1.07 bits per heavy atom. The van der Waals surface area contributed by atoms with E-state index in [9.17, 15) is 9.59 Å². The first-order valence-corrected chi connectivity index (χ1v) is 15.5. The monoisotopic (exact) mass is 638 g/mol. The van der Waals surface area contributed by atoms with Crippen molar-refractivity contribution in [2.45, 2.75) is 37.3 Å². The lowest BCUT2D eigenvalue weighted by atomic mass is 9.90. The second kappa shape index (κ2) is 16.9. The van der Waals surface area contributed by atoms with E-state index in [1.165, 1.54) is 0 Å². The first kappa shape index (κ1) is 33.1. The summed E-state index contributed by atoms with van der Waals surface area (Å²) in [4.78, 5) is 32.5. The molecule has 2 unspecified atom stereocenters. The van der Waals surface area contributed by atoms with Crippen LogP contribution in [-0.2, 0) is 9.59 Å². The summed E-state index contributed by atoms with van der Waals surface area (Å²) in [7, 11) is 1.63. The average Bonchev–Trinajstić information content (AvgIpc) is 3.19. The molecule has 11 heteroatoms. The third-order valence-corrected chi connectivity index (χ3v) is 8.15. The Bertz CT molecular complexity index is 1350. The molecule has 1 aliphatic rings. The highest BCUT2D eigenvalue weighted by Gasteiger charge is 2.32. The van der Waals surface area contributed by atoms with Crippen LogP contribution in [0.5, 0.6) is 5.75 Å². The number of hydrogen-bond acceptors (Lipinski definition) is 5. The first-order valence-electron chi connectivity index (χ1n) is 14.8. The Kier molecular flexibility index (Phi) is 12.7. The van der Waals surface area contributed by atoms with Crippen molar-refractivity contribution in [3.8, 4) is 5.75 Å². The number of ether oxygens (including phenoxy) is 1. The van der Waals surface area contributed by atoms with Crippen molar-refractivity contribution in [2.75, 3.05) is 39.8 Å². The number of aliphatic imine (C=N–C) groups is 1. The van der Waals surface area contributed by atoms with Crippen LogP contribution in [0.4, 0.5) is 0 Å². The van der Waals surface area contributed by atoms with Crippen LogP contribution in [0.2, 0.25) is 10.0 Å². The molecule has 2 amide bonds. The third kappa shape index (κ3) is 9.87. The third-order valence-electron chi connectivity index (χ3n) is 7.62. The first-order chi connectivity index (χ1) is 21.3. The lowest BCUT2D eigenvalue weighted by molar-refractivity contribution is -0.133. The lowest BCUT2D eigenvalue weighted by Gasteiger charge is -2.29. The number of carbonyl (C=O) groups excluding carboxylic acids is 2. The van der Waals surface area contributed by atoms with Crippen LogP contribution in [0.25, 0.3) is 0 Å². The van der Waals surface area contributed by atoms with Gasteiger partial charge in [-0.2, -0.15) is 0 Å². The van der Waals surface area contributed by atoms with Gasteiger partial charge in [0.2, 0.25) is 5.91 Å². The van der Waals surface area contributed by atoms with Gasteiger partial charge in [-0.15, -0.1) is 0 Å². The zero-order valence-corrected chi connectivity index (χ0v) is 26.4. The van der Waals surface area contributed by atoms with Crippen molar-refractivity contribution in [3.05, 3.63) is 100 Å². The summed E-state index contributed by atoms with van der Waals surface area (Å²) < 4.78 is 5.58. The predicted octanol–water partition coefficient (Wildman–Crippen LogP) is 4.19. The van der Waals surface area contributed by atoms with E-state index in [4.69, 9.17) is 33.7 Å². The number of nitrogens with two attached hydrogens (primary N) is 1. The minimum absolute atomic E-state index is 0.0253. The highest BCUT2D eigenvalue weighted by Crippen LogP contribution is 2.28. The topological polar surface area (TPSA) is 121 Å². The van der Waals surface area contributed by atoms with Crippen molar-refractivity contribution >= 4 is 41.0 Å². The molecule has 9 nitrogen and oxygen atoms in total. The molecule has 1 fully saturated rings. The number of carbonyl (C=O) groups is 2. The lowest BCUT2D eigenvalue weighted by Crippen LogP contribution is -2.49. The van der Waals surface area contributed by atoms with Crippen LogP contribution in [0.15, 0.2) is 83.9 Å². The van der Waals surface area contributed by atoms with E-state index >= 15 is 0 Å². The quantitative estimate of drug-likeness (QED) is 0.127. The molecule has 3 aromatic carbocycles. The van der Waals surface area contributed by atoms with Crippen LogP contribution >= 0.6 is 23.2 Å². The van der Waals surface area contributed by atoms with Gasteiger partial charge >= 0.3 is 0 Å². The Morgan fingerprint density at radius 3 is 2.39 bits per heavy atom. The van der Waals surface area contributed by atoms with E-state index in [0.29, 0.717) is 67.2 Å². The van der Waals surface area contributed by atoms with E-state index in [1.54, 1.807) is 25.2 Å². The van der Waals surface area contributed by atoms with E-state index in [2.05, 4.69) is 45.2 Å². The summed E-state index contributed by atoms with van der Waals surface area (Å²) >= 11 is 12.1. The van der Waals surface area contributed by atoms with Crippen molar-refractivity contribution in [1.29, 1.82) is 0 Å². The molecule has 0 radical (unpaired) electrons. The van der Waals surface area contributed by atoms with Crippen LogP contribution in [-0.4, -0.2) is 74.6 Å². The number of amides is 2. The highest BCUT2D eigenvalue weighted by atomic mass is 35.5. The van der Waals surface area contributed by atoms with Gasteiger partial charge in [0.1, 0.15) is 5.75 Å². The van der Waals surface area contributed by atoms with E-state index in [0.717, 1.165) is 11.1 Å². The van der Waals surface area contributed by atoms with Crippen molar-refractivity contribution < 1.29 is 14.3 Å². The second-order valence-corrected chi connectivity index (χ2v) is 11.6. The normalized spacial score (nSPS) is 17.3. The van der Waals surface area contributed by atoms with Gasteiger partial charge in [-0.3, -0.25) is 14.6 Å². The number of rotatable bonds is 13. The summed E-state index contributed by atoms with van der Waals surface area (Å²) in [5.41, 5.74) is 8.09. The molecule has 0 aromatic heterocycles. The summed E-state index contributed by atoms with van der Waals surface area (Å²) in [6, 6.07) is 24.9. The minimum atomic E-state index is -0.419. The van der Waals surface area contributed by atoms with Crippen molar-refractivity contribution in [1.82, 2.24) is 20.9 Å². The number of nitrogens with one attached hydrogen (secondary N) is 3. The molecule has 0 saturated carbocycles. The van der Waals surface area contributed by atoms with Crippen LogP contribution in [0, 0.1) is 0 Å². The summed E-state index contributed by atoms with van der Waals surface area (Å²) in [6.07, 6.45) is 1.99. The van der Waals surface area contributed by atoms with Crippen molar-refractivity contribution in [3.63, 3.8) is 0 Å². The fraction of sp³-hybridized carbons (Fsp3) is 0.364. The predicted molar refractivity (Wildman–Crippen MR) is 176 cm³/mol. The van der Waals surface area contributed by atoms with Crippen LogP contribution < -0.4 is 26.4 Å². The van der Waals surface area contributed by atoms with E-state index in [-0.39, 0.29) is 30.4 Å². The Hall–Kier alpha value is -3.79. The Labute approximate surface area is 269 Å². The van der Waals surface area contributed by atoms with Gasteiger partial charge in [-0.25, -0.2) is 0 Å². The SMILES string of the molecule is CN=C(N)NCCCC1NC(CNC(=O)COc2ccc(Cl)cc2Cl)CCN(CC(c2ccccc2)c2ccccc2)C1=O. The second-order valence-electron chi connectivity index (χ2n) is 10.7. The molecule has 1 heterocycles. The van der Waals surface area contributed by atoms with Gasteiger partial charge in [-0.05, 0) is 48.6 Å². The summed E-state index contributed by atoms with van der Waals surface area (Å²) in [5, 5.41) is 10.4. The molecule has 44 heavy (non-hydrogen) atoms. The van der Waals surface area contributed by atoms with Gasteiger partial charge in [-0.1, -0.05) is 83.9 Å². The number of nitrogens with zero attached hydrogens (tertiary/aromatic N) is 2. The molecular formula is C33H40Cl2N6O3. The molecule has 234 valence electrons. The largest absolute Gasteiger partial charge is 0.482 e. The Morgan fingerprint density at radius 2 is 1.75 bits per heavy atom. The smallest absolute Gasteiger partial charge is 0.257 e. The molecule has 0 bridgehead atoms. The fourth-order valence-electron chi connectivity index (χ4n) is 5.25. The zero-order chi connectivity index (χ0) is 31.3. The minimum Gasteiger partial charge on any atom is -0.482 e. The molecule has 3 aromatic rings. The summed E-state index contributed by atoms with van der Waals surface area (Å²) in [6.45, 7) is 1.86. The highest BCUT2D eigenvalue weighted by molar-refractivity contribution is 6.35. The maximum atomic E-state index is 14.0. The van der Waals surface area contributed by atoms with Gasteiger partial charge in [0.25, 0.3) is 5.91 Å². The molecule has 2 atom stereocenters. The number of guanidine groups is 1. The molecule has 1 aliphatic heterocycles. The number of halogens is 2.